The average Bonchev–Trinajstić information content (AvgIpc) is 2.47. The van der Waals surface area contributed by atoms with Gasteiger partial charge in [0.1, 0.15) is 4.90 Å². The summed E-state index contributed by atoms with van der Waals surface area (Å²) in [6.45, 7) is 0. The molecule has 21 heavy (non-hydrogen) atoms. The lowest BCUT2D eigenvalue weighted by atomic mass is 10.2. The first-order valence-electron chi connectivity index (χ1n) is 6.38. The third-order valence-corrected chi connectivity index (χ3v) is 5.19. The number of halogens is 1. The highest BCUT2D eigenvalue weighted by atomic mass is 35.5. The SMILES string of the molecule is CN(C)S(=O)(=O)c1ccccc1Nc1cccc(CCl)c1. The van der Waals surface area contributed by atoms with Crippen molar-refractivity contribution in [1.29, 1.82) is 0 Å². The molecule has 0 amide bonds. The number of rotatable bonds is 5. The molecule has 0 saturated heterocycles. The van der Waals surface area contributed by atoms with Crippen LogP contribution in [0.2, 0.25) is 0 Å². The average molecular weight is 325 g/mol. The highest BCUT2D eigenvalue weighted by Gasteiger charge is 2.20. The zero-order chi connectivity index (χ0) is 15.5. The summed E-state index contributed by atoms with van der Waals surface area (Å²) in [5.74, 6) is 0.410. The van der Waals surface area contributed by atoms with E-state index in [9.17, 15) is 8.42 Å². The van der Waals surface area contributed by atoms with E-state index in [2.05, 4.69) is 5.32 Å². The maximum Gasteiger partial charge on any atom is 0.244 e. The van der Waals surface area contributed by atoms with Crippen LogP contribution in [0.5, 0.6) is 0 Å². The van der Waals surface area contributed by atoms with Crippen LogP contribution in [-0.4, -0.2) is 26.8 Å². The molecule has 0 aliphatic rings. The van der Waals surface area contributed by atoms with Gasteiger partial charge in [-0.3, -0.25) is 0 Å². The molecule has 2 aromatic rings. The zero-order valence-electron chi connectivity index (χ0n) is 11.9. The van der Waals surface area contributed by atoms with Gasteiger partial charge < -0.3 is 5.32 Å². The summed E-state index contributed by atoms with van der Waals surface area (Å²) >= 11 is 5.82. The molecule has 0 aliphatic carbocycles. The normalized spacial score (nSPS) is 11.6. The summed E-state index contributed by atoms with van der Waals surface area (Å²) in [7, 11) is -0.470. The van der Waals surface area contributed by atoms with Gasteiger partial charge in [0.05, 0.1) is 5.69 Å². The number of alkyl halides is 1. The van der Waals surface area contributed by atoms with Crippen molar-refractivity contribution < 1.29 is 8.42 Å². The molecule has 4 nitrogen and oxygen atoms in total. The molecule has 0 atom stereocenters. The number of benzene rings is 2. The van der Waals surface area contributed by atoms with Crippen molar-refractivity contribution in [3.05, 3.63) is 54.1 Å². The van der Waals surface area contributed by atoms with Gasteiger partial charge in [-0.2, -0.15) is 0 Å². The Labute approximate surface area is 130 Å². The first kappa shape index (κ1) is 15.8. The third kappa shape index (κ3) is 3.56. The molecule has 0 unspecified atom stereocenters. The van der Waals surface area contributed by atoms with Crippen LogP contribution in [0.25, 0.3) is 0 Å². The van der Waals surface area contributed by atoms with Gasteiger partial charge in [0.25, 0.3) is 0 Å². The van der Waals surface area contributed by atoms with Crippen LogP contribution in [-0.2, 0) is 15.9 Å². The second-order valence-electron chi connectivity index (χ2n) is 4.74. The predicted octanol–water partition coefficient (Wildman–Crippen LogP) is 3.42. The lowest BCUT2D eigenvalue weighted by Gasteiger charge is -2.16. The molecule has 1 N–H and O–H groups in total. The quantitative estimate of drug-likeness (QED) is 0.857. The summed E-state index contributed by atoms with van der Waals surface area (Å²) in [6, 6.07) is 14.4. The summed E-state index contributed by atoms with van der Waals surface area (Å²) in [6.07, 6.45) is 0. The summed E-state index contributed by atoms with van der Waals surface area (Å²) < 4.78 is 25.9. The third-order valence-electron chi connectivity index (χ3n) is 3.01. The van der Waals surface area contributed by atoms with Crippen molar-refractivity contribution in [3.63, 3.8) is 0 Å². The van der Waals surface area contributed by atoms with Crippen LogP contribution < -0.4 is 5.32 Å². The number of hydrogen-bond acceptors (Lipinski definition) is 3. The van der Waals surface area contributed by atoms with Gasteiger partial charge in [0.2, 0.25) is 10.0 Å². The van der Waals surface area contributed by atoms with Gasteiger partial charge in [0, 0.05) is 25.7 Å². The fourth-order valence-corrected chi connectivity index (χ4v) is 3.09. The van der Waals surface area contributed by atoms with Gasteiger partial charge in [-0.15, -0.1) is 11.6 Å². The largest absolute Gasteiger partial charge is 0.354 e. The maximum absolute atomic E-state index is 12.3. The zero-order valence-corrected chi connectivity index (χ0v) is 13.4. The number of nitrogens with zero attached hydrogens (tertiary/aromatic N) is 1. The molecule has 0 saturated carbocycles. The fraction of sp³-hybridized carbons (Fsp3) is 0.200. The highest BCUT2D eigenvalue weighted by molar-refractivity contribution is 7.89. The van der Waals surface area contributed by atoms with E-state index in [0.717, 1.165) is 11.3 Å². The maximum atomic E-state index is 12.3. The van der Waals surface area contributed by atoms with E-state index in [1.165, 1.54) is 18.4 Å². The van der Waals surface area contributed by atoms with Gasteiger partial charge in [-0.05, 0) is 29.8 Å². The number of anilines is 2. The van der Waals surface area contributed by atoms with Crippen molar-refractivity contribution >= 4 is 33.0 Å². The molecular weight excluding hydrogens is 308 g/mol. The predicted molar refractivity (Wildman–Crippen MR) is 86.6 cm³/mol. The molecule has 0 aromatic heterocycles. The number of sulfonamides is 1. The van der Waals surface area contributed by atoms with Crippen molar-refractivity contribution in [1.82, 2.24) is 4.31 Å². The Kier molecular flexibility index (Phi) is 4.88. The van der Waals surface area contributed by atoms with Crippen LogP contribution >= 0.6 is 11.6 Å². The molecule has 0 radical (unpaired) electrons. The van der Waals surface area contributed by atoms with E-state index in [-0.39, 0.29) is 4.90 Å². The number of para-hydroxylation sites is 1. The molecule has 0 spiro atoms. The van der Waals surface area contributed by atoms with Crippen molar-refractivity contribution in [2.24, 2.45) is 0 Å². The van der Waals surface area contributed by atoms with Gasteiger partial charge >= 0.3 is 0 Å². The van der Waals surface area contributed by atoms with Gasteiger partial charge in [0.15, 0.2) is 0 Å². The molecular formula is C15H17ClN2O2S. The van der Waals surface area contributed by atoms with Crippen LogP contribution in [0.15, 0.2) is 53.4 Å². The lowest BCUT2D eigenvalue weighted by molar-refractivity contribution is 0.521. The van der Waals surface area contributed by atoms with Crippen molar-refractivity contribution in [3.8, 4) is 0 Å². The topological polar surface area (TPSA) is 49.4 Å². The first-order chi connectivity index (χ1) is 9.95. The minimum Gasteiger partial charge on any atom is -0.354 e. The second kappa shape index (κ2) is 6.47. The smallest absolute Gasteiger partial charge is 0.244 e. The standard InChI is InChI=1S/C15H17ClN2O2S/c1-18(2)21(19,20)15-9-4-3-8-14(15)17-13-7-5-6-12(10-13)11-16/h3-10,17H,11H2,1-2H3. The molecule has 2 aromatic carbocycles. The van der Waals surface area contributed by atoms with Crippen LogP contribution in [0.1, 0.15) is 5.56 Å². The molecule has 0 aliphatic heterocycles. The Hall–Kier alpha value is -1.56. The molecule has 0 heterocycles. The Balaban J connectivity index is 2.41. The number of hydrogen-bond donors (Lipinski definition) is 1. The first-order valence-corrected chi connectivity index (χ1v) is 8.36. The monoisotopic (exact) mass is 324 g/mol. The van der Waals surface area contributed by atoms with E-state index < -0.39 is 10.0 Å². The van der Waals surface area contributed by atoms with Crippen molar-refractivity contribution in [2.45, 2.75) is 10.8 Å². The lowest BCUT2D eigenvalue weighted by Crippen LogP contribution is -2.23. The second-order valence-corrected chi connectivity index (χ2v) is 7.13. The summed E-state index contributed by atoms with van der Waals surface area (Å²) in [5.41, 5.74) is 2.31. The minimum atomic E-state index is -3.50. The molecule has 0 bridgehead atoms. The van der Waals surface area contributed by atoms with E-state index in [1.54, 1.807) is 24.3 Å². The Morgan fingerprint density at radius 2 is 1.81 bits per heavy atom. The number of nitrogens with one attached hydrogen (secondary N) is 1. The Morgan fingerprint density at radius 3 is 2.48 bits per heavy atom. The van der Waals surface area contributed by atoms with E-state index in [0.29, 0.717) is 11.6 Å². The van der Waals surface area contributed by atoms with E-state index in [4.69, 9.17) is 11.6 Å². The summed E-state index contributed by atoms with van der Waals surface area (Å²) in [5, 5.41) is 3.14. The highest BCUT2D eigenvalue weighted by Crippen LogP contribution is 2.27. The summed E-state index contributed by atoms with van der Waals surface area (Å²) in [4.78, 5) is 0.242. The van der Waals surface area contributed by atoms with E-state index in [1.807, 2.05) is 24.3 Å². The Bertz CT molecular complexity index is 730. The van der Waals surface area contributed by atoms with Gasteiger partial charge in [-0.1, -0.05) is 24.3 Å². The molecule has 2 rings (SSSR count). The molecule has 0 fully saturated rings. The van der Waals surface area contributed by atoms with Crippen LogP contribution in [0, 0.1) is 0 Å². The molecule has 112 valence electrons. The van der Waals surface area contributed by atoms with Crippen LogP contribution in [0.3, 0.4) is 0 Å². The van der Waals surface area contributed by atoms with Crippen molar-refractivity contribution in [2.75, 3.05) is 19.4 Å². The fourth-order valence-electron chi connectivity index (χ4n) is 1.88. The van der Waals surface area contributed by atoms with E-state index >= 15 is 0 Å². The Morgan fingerprint density at radius 1 is 1.10 bits per heavy atom. The molecule has 6 heteroatoms. The van der Waals surface area contributed by atoms with Gasteiger partial charge in [-0.25, -0.2) is 12.7 Å². The minimum absolute atomic E-state index is 0.242. The van der Waals surface area contributed by atoms with Crippen LogP contribution in [0.4, 0.5) is 11.4 Å².